The van der Waals surface area contributed by atoms with Crippen molar-refractivity contribution in [1.82, 2.24) is 15.4 Å². The van der Waals surface area contributed by atoms with Crippen LogP contribution in [0.25, 0.3) is 11.3 Å². The van der Waals surface area contributed by atoms with E-state index in [-0.39, 0.29) is 17.8 Å². The van der Waals surface area contributed by atoms with Gasteiger partial charge < -0.3 is 14.6 Å². The largest absolute Gasteiger partial charge is 0.374 e. The Kier molecular flexibility index (Phi) is 5.83. The first-order chi connectivity index (χ1) is 12.1. The van der Waals surface area contributed by atoms with Gasteiger partial charge in [0.2, 0.25) is 5.76 Å². The molecule has 6 heteroatoms. The molecule has 0 unspecified atom stereocenters. The molecule has 25 heavy (non-hydrogen) atoms. The van der Waals surface area contributed by atoms with Gasteiger partial charge in [-0.25, -0.2) is 0 Å². The normalized spacial score (nSPS) is 18.4. The number of carbonyl (C=O) groups is 1. The number of nitrogens with zero attached hydrogens (tertiary/aromatic N) is 2. The zero-order chi connectivity index (χ0) is 17.6. The summed E-state index contributed by atoms with van der Waals surface area (Å²) in [4.78, 5) is 14.7. The third-order valence-corrected chi connectivity index (χ3v) is 4.14. The summed E-state index contributed by atoms with van der Waals surface area (Å²) in [6, 6.07) is 11.3. The highest BCUT2D eigenvalue weighted by Crippen LogP contribution is 2.18. The molecule has 6 nitrogen and oxygen atoms in total. The van der Waals surface area contributed by atoms with Gasteiger partial charge in [0.1, 0.15) is 5.69 Å². The molecule has 0 bridgehead atoms. The Bertz CT molecular complexity index is 684. The second-order valence-corrected chi connectivity index (χ2v) is 6.80. The number of morpholine rings is 1. The van der Waals surface area contributed by atoms with E-state index in [9.17, 15) is 4.79 Å². The van der Waals surface area contributed by atoms with Crippen LogP contribution in [0.3, 0.4) is 0 Å². The molecule has 1 N–H and O–H groups in total. The van der Waals surface area contributed by atoms with E-state index in [2.05, 4.69) is 29.2 Å². The number of benzene rings is 1. The first kappa shape index (κ1) is 17.6. The first-order valence-electron chi connectivity index (χ1n) is 8.76. The van der Waals surface area contributed by atoms with Crippen LogP contribution in [0.2, 0.25) is 0 Å². The minimum atomic E-state index is -0.265. The molecule has 0 spiro atoms. The average molecular weight is 343 g/mol. The quantitative estimate of drug-likeness (QED) is 0.872. The second kappa shape index (κ2) is 8.27. The fraction of sp³-hybridized carbons (Fsp3) is 0.474. The molecule has 1 aliphatic rings. The van der Waals surface area contributed by atoms with Crippen LogP contribution < -0.4 is 5.32 Å². The summed E-state index contributed by atoms with van der Waals surface area (Å²) >= 11 is 0. The van der Waals surface area contributed by atoms with Crippen LogP contribution in [-0.2, 0) is 4.74 Å². The lowest BCUT2D eigenvalue weighted by molar-refractivity contribution is -0.0296. The van der Waals surface area contributed by atoms with Crippen LogP contribution in [0.1, 0.15) is 24.4 Å². The minimum absolute atomic E-state index is 0.00738. The molecule has 3 rings (SSSR count). The zero-order valence-corrected chi connectivity index (χ0v) is 14.8. The highest BCUT2D eigenvalue weighted by molar-refractivity contribution is 5.92. The Morgan fingerprint density at radius 1 is 1.36 bits per heavy atom. The molecule has 0 radical (unpaired) electrons. The molecule has 1 amide bonds. The maximum absolute atomic E-state index is 12.3. The number of carbonyl (C=O) groups excluding carboxylic acids is 1. The molecule has 1 aliphatic heterocycles. The molecule has 2 aromatic rings. The van der Waals surface area contributed by atoms with E-state index in [0.717, 1.165) is 25.2 Å². The standard InChI is InChI=1S/C19H25N3O3/c1-14(2)12-22-8-9-24-16(13-22)11-20-19(23)18-10-17(21-25-18)15-6-4-3-5-7-15/h3-7,10,14,16H,8-9,11-13H2,1-2H3,(H,20,23)/t16-/m1/s1. The Balaban J connectivity index is 1.52. The Morgan fingerprint density at radius 2 is 2.16 bits per heavy atom. The molecule has 2 heterocycles. The van der Waals surface area contributed by atoms with Crippen molar-refractivity contribution in [1.29, 1.82) is 0 Å². The van der Waals surface area contributed by atoms with Crippen molar-refractivity contribution >= 4 is 5.91 Å². The van der Waals surface area contributed by atoms with Crippen LogP contribution in [0.15, 0.2) is 40.9 Å². The monoisotopic (exact) mass is 343 g/mol. The summed E-state index contributed by atoms with van der Waals surface area (Å²) in [5, 5.41) is 6.85. The van der Waals surface area contributed by atoms with Crippen LogP contribution in [-0.4, -0.2) is 54.9 Å². The third kappa shape index (κ3) is 4.90. The molecular weight excluding hydrogens is 318 g/mol. The molecule has 1 atom stereocenters. The maximum atomic E-state index is 12.3. The lowest BCUT2D eigenvalue weighted by Crippen LogP contribution is -2.48. The lowest BCUT2D eigenvalue weighted by Gasteiger charge is -2.33. The summed E-state index contributed by atoms with van der Waals surface area (Å²) in [5.41, 5.74) is 1.58. The van der Waals surface area contributed by atoms with Gasteiger partial charge in [0.15, 0.2) is 0 Å². The Morgan fingerprint density at radius 3 is 2.92 bits per heavy atom. The average Bonchev–Trinajstić information content (AvgIpc) is 3.10. The Labute approximate surface area is 148 Å². The predicted molar refractivity (Wildman–Crippen MR) is 95.3 cm³/mol. The van der Waals surface area contributed by atoms with E-state index in [1.165, 1.54) is 0 Å². The van der Waals surface area contributed by atoms with Gasteiger partial charge in [0.25, 0.3) is 5.91 Å². The number of hydrogen-bond donors (Lipinski definition) is 1. The number of aromatic nitrogens is 1. The Hall–Kier alpha value is -2.18. The second-order valence-electron chi connectivity index (χ2n) is 6.80. The number of amides is 1. The van der Waals surface area contributed by atoms with Crippen molar-refractivity contribution in [2.45, 2.75) is 20.0 Å². The first-order valence-corrected chi connectivity index (χ1v) is 8.76. The number of ether oxygens (including phenoxy) is 1. The third-order valence-electron chi connectivity index (χ3n) is 4.14. The van der Waals surface area contributed by atoms with Crippen molar-refractivity contribution in [3.63, 3.8) is 0 Å². The highest BCUT2D eigenvalue weighted by atomic mass is 16.5. The van der Waals surface area contributed by atoms with Crippen molar-refractivity contribution in [2.24, 2.45) is 5.92 Å². The molecule has 0 aliphatic carbocycles. The molecular formula is C19H25N3O3. The number of nitrogens with one attached hydrogen (secondary N) is 1. The predicted octanol–water partition coefficient (Wildman–Crippen LogP) is 2.43. The maximum Gasteiger partial charge on any atom is 0.290 e. The molecule has 1 saturated heterocycles. The number of rotatable bonds is 6. The zero-order valence-electron chi connectivity index (χ0n) is 14.8. The van der Waals surface area contributed by atoms with Gasteiger partial charge in [0.05, 0.1) is 12.7 Å². The van der Waals surface area contributed by atoms with E-state index in [1.807, 2.05) is 30.3 Å². The summed E-state index contributed by atoms with van der Waals surface area (Å²) in [5.74, 6) is 0.576. The van der Waals surface area contributed by atoms with Gasteiger partial charge in [-0.15, -0.1) is 0 Å². The van der Waals surface area contributed by atoms with Crippen LogP contribution in [0.4, 0.5) is 0 Å². The van der Waals surface area contributed by atoms with E-state index < -0.39 is 0 Å². The number of hydrogen-bond acceptors (Lipinski definition) is 5. The van der Waals surface area contributed by atoms with Crippen molar-refractivity contribution < 1.29 is 14.1 Å². The summed E-state index contributed by atoms with van der Waals surface area (Å²) in [7, 11) is 0. The van der Waals surface area contributed by atoms with Gasteiger partial charge in [0, 0.05) is 37.8 Å². The lowest BCUT2D eigenvalue weighted by atomic mass is 10.1. The van der Waals surface area contributed by atoms with Crippen LogP contribution in [0, 0.1) is 5.92 Å². The van der Waals surface area contributed by atoms with Crippen LogP contribution >= 0.6 is 0 Å². The minimum Gasteiger partial charge on any atom is -0.374 e. The highest BCUT2D eigenvalue weighted by Gasteiger charge is 2.22. The molecule has 0 saturated carbocycles. The smallest absolute Gasteiger partial charge is 0.290 e. The van der Waals surface area contributed by atoms with Crippen molar-refractivity contribution in [3.8, 4) is 11.3 Å². The molecule has 1 fully saturated rings. The van der Waals surface area contributed by atoms with Crippen molar-refractivity contribution in [3.05, 3.63) is 42.2 Å². The van der Waals surface area contributed by atoms with Gasteiger partial charge in [-0.1, -0.05) is 49.3 Å². The van der Waals surface area contributed by atoms with E-state index in [0.29, 0.717) is 24.8 Å². The fourth-order valence-electron chi connectivity index (χ4n) is 3.01. The fourth-order valence-corrected chi connectivity index (χ4v) is 3.01. The molecule has 134 valence electrons. The summed E-state index contributed by atoms with van der Waals surface area (Å²) < 4.78 is 10.9. The van der Waals surface area contributed by atoms with Gasteiger partial charge >= 0.3 is 0 Å². The topological polar surface area (TPSA) is 67.6 Å². The summed E-state index contributed by atoms with van der Waals surface area (Å²) in [6.07, 6.45) is 0.00738. The van der Waals surface area contributed by atoms with Crippen LogP contribution in [0.5, 0.6) is 0 Å². The van der Waals surface area contributed by atoms with E-state index in [4.69, 9.17) is 9.26 Å². The van der Waals surface area contributed by atoms with Crippen molar-refractivity contribution in [2.75, 3.05) is 32.8 Å². The molecule has 1 aromatic carbocycles. The SMILES string of the molecule is CC(C)CN1CCO[C@H](CNC(=O)c2cc(-c3ccccc3)no2)C1. The van der Waals surface area contributed by atoms with Gasteiger partial charge in [-0.2, -0.15) is 0 Å². The van der Waals surface area contributed by atoms with E-state index >= 15 is 0 Å². The van der Waals surface area contributed by atoms with Gasteiger partial charge in [-0.3, -0.25) is 9.69 Å². The molecule has 1 aromatic heterocycles. The summed E-state index contributed by atoms with van der Waals surface area (Å²) in [6.45, 7) is 8.43. The van der Waals surface area contributed by atoms with Gasteiger partial charge in [-0.05, 0) is 5.92 Å². The van der Waals surface area contributed by atoms with E-state index in [1.54, 1.807) is 6.07 Å².